The number of benzene rings is 2. The Morgan fingerprint density at radius 3 is 2.77 bits per heavy atom. The number of rotatable bonds is 6. The second kappa shape index (κ2) is 9.94. The highest BCUT2D eigenvalue weighted by Gasteiger charge is 2.34. The van der Waals surface area contributed by atoms with E-state index in [2.05, 4.69) is 33.1 Å². The molecule has 0 aliphatic carbocycles. The van der Waals surface area contributed by atoms with Crippen molar-refractivity contribution in [3.8, 4) is 17.6 Å². The highest BCUT2D eigenvalue weighted by molar-refractivity contribution is 9.10. The molecule has 1 atom stereocenters. The molecule has 1 unspecified atom stereocenters. The lowest BCUT2D eigenvalue weighted by Crippen LogP contribution is -2.33. The fourth-order valence-electron chi connectivity index (χ4n) is 3.08. The van der Waals surface area contributed by atoms with Gasteiger partial charge in [0.25, 0.3) is 5.91 Å². The Labute approximate surface area is 182 Å². The molecular formula is C22H20BrN3O4. The van der Waals surface area contributed by atoms with Crippen molar-refractivity contribution in [3.63, 3.8) is 0 Å². The lowest BCUT2D eigenvalue weighted by Gasteiger charge is -2.16. The molecule has 30 heavy (non-hydrogen) atoms. The van der Waals surface area contributed by atoms with Crippen molar-refractivity contribution in [2.24, 2.45) is 11.7 Å². The number of para-hydroxylation sites is 1. The van der Waals surface area contributed by atoms with E-state index in [-0.39, 0.29) is 37.0 Å². The summed E-state index contributed by atoms with van der Waals surface area (Å²) in [6, 6.07) is 14.0. The molecule has 3 rings (SSSR count). The average Bonchev–Trinajstić information content (AvgIpc) is 3.12. The number of hydrogen-bond donors (Lipinski definition) is 2. The summed E-state index contributed by atoms with van der Waals surface area (Å²) in [6.07, 6.45) is 0.165. The molecule has 0 aromatic heterocycles. The van der Waals surface area contributed by atoms with Crippen LogP contribution in [0.15, 0.2) is 53.0 Å². The van der Waals surface area contributed by atoms with Gasteiger partial charge in [-0.3, -0.25) is 14.4 Å². The zero-order chi connectivity index (χ0) is 21.5. The number of carbonyl (C=O) groups excluding carboxylic acids is 3. The van der Waals surface area contributed by atoms with Gasteiger partial charge in [-0.25, -0.2) is 0 Å². The van der Waals surface area contributed by atoms with Crippen LogP contribution in [-0.4, -0.2) is 37.4 Å². The monoisotopic (exact) mass is 469 g/mol. The molecule has 1 saturated heterocycles. The average molecular weight is 470 g/mol. The zero-order valence-corrected chi connectivity index (χ0v) is 17.6. The van der Waals surface area contributed by atoms with Crippen LogP contribution in [0.3, 0.4) is 0 Å². The minimum Gasteiger partial charge on any atom is -0.480 e. The Morgan fingerprint density at radius 2 is 2.00 bits per heavy atom. The normalized spacial score (nSPS) is 15.3. The highest BCUT2D eigenvalue weighted by atomic mass is 79.9. The first kappa shape index (κ1) is 21.4. The summed E-state index contributed by atoms with van der Waals surface area (Å²) in [7, 11) is 0. The van der Waals surface area contributed by atoms with Gasteiger partial charge in [-0.2, -0.15) is 0 Å². The van der Waals surface area contributed by atoms with Gasteiger partial charge in [-0.05, 0) is 30.3 Å². The predicted molar refractivity (Wildman–Crippen MR) is 116 cm³/mol. The maximum atomic E-state index is 12.4. The van der Waals surface area contributed by atoms with E-state index in [9.17, 15) is 14.4 Å². The second-order valence-electron chi connectivity index (χ2n) is 6.61. The van der Waals surface area contributed by atoms with Crippen molar-refractivity contribution in [1.82, 2.24) is 5.32 Å². The van der Waals surface area contributed by atoms with Crippen molar-refractivity contribution in [1.29, 1.82) is 0 Å². The third-order valence-corrected chi connectivity index (χ3v) is 5.04. The molecule has 8 heteroatoms. The van der Waals surface area contributed by atoms with Crippen molar-refractivity contribution in [2.75, 3.05) is 24.6 Å². The number of primary amides is 1. The summed E-state index contributed by atoms with van der Waals surface area (Å²) in [5.74, 6) is 4.64. The number of hydrogen-bond acceptors (Lipinski definition) is 4. The van der Waals surface area contributed by atoms with Gasteiger partial charge < -0.3 is 20.7 Å². The Bertz CT molecular complexity index is 1030. The molecule has 2 aromatic carbocycles. The van der Waals surface area contributed by atoms with Gasteiger partial charge in [0, 0.05) is 23.1 Å². The van der Waals surface area contributed by atoms with E-state index < -0.39 is 11.8 Å². The van der Waals surface area contributed by atoms with Crippen LogP contribution in [-0.2, 0) is 9.59 Å². The number of nitrogens with two attached hydrogens (primary N) is 1. The van der Waals surface area contributed by atoms with Crippen LogP contribution in [0.2, 0.25) is 0 Å². The SMILES string of the molecule is NC(=O)c1ccccc1OCC#CCNC(=O)C1CC(=O)N(c2cccc(Br)c2)C1. The van der Waals surface area contributed by atoms with E-state index >= 15 is 0 Å². The number of halogens is 1. The lowest BCUT2D eigenvalue weighted by atomic mass is 10.1. The minimum atomic E-state index is -0.575. The van der Waals surface area contributed by atoms with Gasteiger partial charge in [-0.15, -0.1) is 0 Å². The summed E-state index contributed by atoms with van der Waals surface area (Å²) in [5, 5.41) is 2.73. The molecule has 0 radical (unpaired) electrons. The molecular weight excluding hydrogens is 450 g/mol. The molecule has 3 amide bonds. The van der Waals surface area contributed by atoms with Crippen LogP contribution in [0.25, 0.3) is 0 Å². The summed E-state index contributed by atoms with van der Waals surface area (Å²) < 4.78 is 6.32. The number of anilines is 1. The van der Waals surface area contributed by atoms with Crippen LogP contribution in [0.5, 0.6) is 5.75 Å². The molecule has 1 aliphatic heterocycles. The van der Waals surface area contributed by atoms with Crippen molar-refractivity contribution < 1.29 is 19.1 Å². The molecule has 0 bridgehead atoms. The number of ether oxygens (including phenoxy) is 1. The molecule has 1 fully saturated rings. The van der Waals surface area contributed by atoms with Gasteiger partial charge >= 0.3 is 0 Å². The summed E-state index contributed by atoms with van der Waals surface area (Å²) in [4.78, 5) is 37.6. The topological polar surface area (TPSA) is 102 Å². The van der Waals surface area contributed by atoms with Crippen LogP contribution in [0, 0.1) is 17.8 Å². The van der Waals surface area contributed by atoms with E-state index in [0.717, 1.165) is 10.2 Å². The number of amides is 3. The molecule has 3 N–H and O–H groups in total. The first-order valence-electron chi connectivity index (χ1n) is 9.26. The summed E-state index contributed by atoms with van der Waals surface area (Å²) >= 11 is 3.39. The van der Waals surface area contributed by atoms with Crippen molar-refractivity contribution in [3.05, 3.63) is 58.6 Å². The quantitative estimate of drug-likeness (QED) is 0.632. The van der Waals surface area contributed by atoms with Gasteiger partial charge in [-0.1, -0.05) is 46.0 Å². The van der Waals surface area contributed by atoms with E-state index in [1.807, 2.05) is 24.3 Å². The second-order valence-corrected chi connectivity index (χ2v) is 7.52. The standard InChI is InChI=1S/C22H20BrN3O4/c23-16-6-5-7-17(13-16)26-14-15(12-20(26)27)22(29)25-10-3-4-11-30-19-9-2-1-8-18(19)21(24)28/h1-2,5-9,13,15H,10-12,14H2,(H2,24,28)(H,25,29). The van der Waals surface area contributed by atoms with Crippen LogP contribution in [0.4, 0.5) is 5.69 Å². The number of nitrogens with zero attached hydrogens (tertiary/aromatic N) is 1. The number of nitrogens with one attached hydrogen (secondary N) is 1. The summed E-state index contributed by atoms with van der Waals surface area (Å²) in [6.45, 7) is 0.529. The van der Waals surface area contributed by atoms with Crippen molar-refractivity contribution in [2.45, 2.75) is 6.42 Å². The molecule has 0 spiro atoms. The third-order valence-electron chi connectivity index (χ3n) is 4.54. The Kier molecular flexibility index (Phi) is 7.09. The van der Waals surface area contributed by atoms with E-state index in [1.165, 1.54) is 0 Å². The van der Waals surface area contributed by atoms with E-state index in [4.69, 9.17) is 10.5 Å². The fraction of sp³-hybridized carbons (Fsp3) is 0.227. The minimum absolute atomic E-state index is 0.0543. The first-order valence-corrected chi connectivity index (χ1v) is 10.1. The molecule has 1 heterocycles. The first-order chi connectivity index (χ1) is 14.5. The number of carbonyl (C=O) groups is 3. The maximum Gasteiger partial charge on any atom is 0.252 e. The maximum absolute atomic E-state index is 12.4. The molecule has 7 nitrogen and oxygen atoms in total. The van der Waals surface area contributed by atoms with Crippen LogP contribution >= 0.6 is 15.9 Å². The van der Waals surface area contributed by atoms with Gasteiger partial charge in [0.2, 0.25) is 11.8 Å². The van der Waals surface area contributed by atoms with Crippen LogP contribution in [0.1, 0.15) is 16.8 Å². The highest BCUT2D eigenvalue weighted by Crippen LogP contribution is 2.27. The Hall–Kier alpha value is -3.31. The Balaban J connectivity index is 1.46. The van der Waals surface area contributed by atoms with Gasteiger partial charge in [0.1, 0.15) is 12.4 Å². The van der Waals surface area contributed by atoms with E-state index in [1.54, 1.807) is 29.2 Å². The van der Waals surface area contributed by atoms with Crippen LogP contribution < -0.4 is 20.7 Å². The van der Waals surface area contributed by atoms with Gasteiger partial charge in [0.15, 0.2) is 0 Å². The zero-order valence-electron chi connectivity index (χ0n) is 16.1. The molecule has 154 valence electrons. The largest absolute Gasteiger partial charge is 0.480 e. The molecule has 0 saturated carbocycles. The summed E-state index contributed by atoms with van der Waals surface area (Å²) in [5.41, 5.74) is 6.34. The third kappa shape index (κ3) is 5.39. The van der Waals surface area contributed by atoms with Crippen molar-refractivity contribution >= 4 is 39.3 Å². The van der Waals surface area contributed by atoms with E-state index in [0.29, 0.717) is 12.3 Å². The molecule has 2 aromatic rings. The lowest BCUT2D eigenvalue weighted by molar-refractivity contribution is -0.126. The Morgan fingerprint density at radius 1 is 1.20 bits per heavy atom. The smallest absolute Gasteiger partial charge is 0.252 e. The predicted octanol–water partition coefficient (Wildman–Crippen LogP) is 2.10. The fourth-order valence-corrected chi connectivity index (χ4v) is 3.46. The van der Waals surface area contributed by atoms with Gasteiger partial charge in [0.05, 0.1) is 18.0 Å². The molecule has 1 aliphatic rings.